The standard InChI is InChI=1S/C15H23BrN2O2Si/c1-11(19)14-8-13(16)7-12-9-17-18(15(12)14)10-20-5-6-21(2,3)4/h7-9,11,19H,5-6,10H2,1-4H3/q-1. The highest BCUT2D eigenvalue weighted by atomic mass is 79.9. The Morgan fingerprint density at radius 3 is 2.71 bits per heavy atom. The number of fused-ring (bicyclic) bond motifs is 1. The molecule has 0 aliphatic heterocycles. The van der Waals surface area contributed by atoms with Crippen LogP contribution in [0.25, 0.3) is 10.9 Å². The van der Waals surface area contributed by atoms with Gasteiger partial charge in [0.1, 0.15) is 6.73 Å². The second kappa shape index (κ2) is 6.60. The van der Waals surface area contributed by atoms with E-state index < -0.39 is 14.2 Å². The van der Waals surface area contributed by atoms with Gasteiger partial charge in [0.25, 0.3) is 0 Å². The van der Waals surface area contributed by atoms with Crippen molar-refractivity contribution in [3.8, 4) is 0 Å². The summed E-state index contributed by atoms with van der Waals surface area (Å²) in [5.74, 6) is 0. The molecule has 1 aromatic heterocycles. The van der Waals surface area contributed by atoms with E-state index in [4.69, 9.17) is 4.74 Å². The molecule has 4 nitrogen and oxygen atoms in total. The van der Waals surface area contributed by atoms with E-state index in [0.29, 0.717) is 6.73 Å². The third kappa shape index (κ3) is 4.39. The molecule has 117 valence electrons. The molecule has 0 spiro atoms. The van der Waals surface area contributed by atoms with Crippen molar-refractivity contribution in [2.75, 3.05) is 6.61 Å². The second-order valence-electron chi connectivity index (χ2n) is 6.60. The molecule has 1 atom stereocenters. The number of rotatable bonds is 6. The highest BCUT2D eigenvalue weighted by Crippen LogP contribution is 2.28. The van der Waals surface area contributed by atoms with Gasteiger partial charge in [0, 0.05) is 22.0 Å². The normalized spacial score (nSPS) is 13.8. The van der Waals surface area contributed by atoms with Crippen LogP contribution in [-0.2, 0) is 11.5 Å². The van der Waals surface area contributed by atoms with E-state index >= 15 is 0 Å². The van der Waals surface area contributed by atoms with Crippen molar-refractivity contribution in [1.82, 2.24) is 9.78 Å². The minimum atomic E-state index is -1.07. The zero-order valence-electron chi connectivity index (χ0n) is 13.1. The molecular weight excluding hydrogens is 348 g/mol. The first-order valence-corrected chi connectivity index (χ1v) is 11.7. The van der Waals surface area contributed by atoms with Crippen molar-refractivity contribution in [1.29, 1.82) is 0 Å². The molecule has 0 aliphatic carbocycles. The van der Waals surface area contributed by atoms with Crippen LogP contribution in [0.15, 0.2) is 22.8 Å². The van der Waals surface area contributed by atoms with Crippen LogP contribution in [0.4, 0.5) is 0 Å². The molecule has 0 fully saturated rings. The van der Waals surface area contributed by atoms with E-state index in [1.165, 1.54) is 0 Å². The van der Waals surface area contributed by atoms with Crippen LogP contribution in [-0.4, -0.2) is 29.6 Å². The van der Waals surface area contributed by atoms with E-state index in [1.807, 2.05) is 23.0 Å². The maximum atomic E-state index is 9.97. The molecule has 0 amide bonds. The average molecular weight is 371 g/mol. The van der Waals surface area contributed by atoms with Crippen LogP contribution in [0.2, 0.25) is 25.7 Å². The zero-order valence-corrected chi connectivity index (χ0v) is 15.6. The lowest BCUT2D eigenvalue weighted by Crippen LogP contribution is -2.22. The van der Waals surface area contributed by atoms with Crippen LogP contribution in [0.5, 0.6) is 0 Å². The van der Waals surface area contributed by atoms with Crippen LogP contribution >= 0.6 is 15.9 Å². The van der Waals surface area contributed by atoms with Gasteiger partial charge in [-0.15, -0.1) is 14.1 Å². The van der Waals surface area contributed by atoms with Crippen molar-refractivity contribution in [2.45, 2.75) is 45.4 Å². The molecule has 0 bridgehead atoms. The summed E-state index contributed by atoms with van der Waals surface area (Å²) < 4.78 is 8.55. The van der Waals surface area contributed by atoms with Crippen molar-refractivity contribution in [3.05, 3.63) is 28.4 Å². The molecule has 0 radical (unpaired) electrons. The number of halogens is 1. The van der Waals surface area contributed by atoms with Gasteiger partial charge in [-0.3, -0.25) is 0 Å². The monoisotopic (exact) mass is 370 g/mol. The highest BCUT2D eigenvalue weighted by Gasteiger charge is 2.13. The van der Waals surface area contributed by atoms with E-state index in [9.17, 15) is 5.11 Å². The molecule has 1 aromatic carbocycles. The second-order valence-corrected chi connectivity index (χ2v) is 13.1. The maximum absolute atomic E-state index is 9.97. The van der Waals surface area contributed by atoms with Gasteiger partial charge in [0.2, 0.25) is 0 Å². The minimum absolute atomic E-state index is 0.426. The number of ether oxygens (including phenoxy) is 1. The molecule has 0 saturated heterocycles. The molecule has 6 heteroatoms. The first kappa shape index (κ1) is 16.7. The molecule has 1 unspecified atom stereocenters. The van der Waals surface area contributed by atoms with Gasteiger partial charge < -0.3 is 9.84 Å². The van der Waals surface area contributed by atoms with Gasteiger partial charge in [0.15, 0.2) is 0 Å². The van der Waals surface area contributed by atoms with Gasteiger partial charge in [-0.25, -0.2) is 4.68 Å². The van der Waals surface area contributed by atoms with E-state index in [0.717, 1.165) is 33.6 Å². The third-order valence-corrected chi connectivity index (χ3v) is 5.55. The topological polar surface area (TPSA) is 47.3 Å². The minimum Gasteiger partial charge on any atom is -0.389 e. The summed E-state index contributed by atoms with van der Waals surface area (Å²) in [6.45, 7) is 9.96. The first-order chi connectivity index (χ1) is 9.78. The molecule has 2 rings (SSSR count). The molecular formula is C15H23BrN2O2Si-. The first-order valence-electron chi connectivity index (χ1n) is 7.19. The van der Waals surface area contributed by atoms with E-state index in [-0.39, 0.29) is 0 Å². The van der Waals surface area contributed by atoms with Gasteiger partial charge in [-0.2, -0.15) is 24.7 Å². The van der Waals surface area contributed by atoms with Gasteiger partial charge in [-0.1, -0.05) is 15.9 Å². The summed E-state index contributed by atoms with van der Waals surface area (Å²) in [7, 11) is -1.07. The molecule has 1 heterocycles. The Morgan fingerprint density at radius 2 is 2.10 bits per heavy atom. The molecule has 2 aromatic rings. The number of aliphatic hydroxyl groups excluding tert-OH is 1. The Bertz CT molecular complexity index is 620. The summed E-state index contributed by atoms with van der Waals surface area (Å²) in [6.07, 6.45) is 1.27. The fraction of sp³-hybridized carbons (Fsp3) is 0.533. The molecule has 1 N–H and O–H groups in total. The number of aliphatic hydroxyl groups is 1. The molecule has 21 heavy (non-hydrogen) atoms. The Kier molecular flexibility index (Phi) is 5.24. The predicted octanol–water partition coefficient (Wildman–Crippen LogP) is 4.16. The van der Waals surface area contributed by atoms with Gasteiger partial charge >= 0.3 is 0 Å². The summed E-state index contributed by atoms with van der Waals surface area (Å²) in [4.78, 5) is 0. The Hall–Kier alpha value is -0.693. The summed E-state index contributed by atoms with van der Waals surface area (Å²) in [6, 6.07) is 5.08. The number of nitrogens with zero attached hydrogens (tertiary/aromatic N) is 2. The third-order valence-electron chi connectivity index (χ3n) is 3.39. The van der Waals surface area contributed by atoms with Crippen LogP contribution in [0.1, 0.15) is 18.6 Å². The number of hydrogen-bond acceptors (Lipinski definition) is 3. The lowest BCUT2D eigenvalue weighted by molar-refractivity contribution is 0.0813. The highest BCUT2D eigenvalue weighted by molar-refractivity contribution is 9.10. The van der Waals surface area contributed by atoms with Gasteiger partial charge in [0.05, 0.1) is 17.8 Å². The number of hydrogen-bond donors (Lipinski definition) is 1. The number of benzene rings is 1. The lowest BCUT2D eigenvalue weighted by Gasteiger charge is -2.26. The molecule has 0 saturated carbocycles. The Morgan fingerprint density at radius 1 is 1.38 bits per heavy atom. The Labute approximate surface area is 135 Å². The maximum Gasteiger partial charge on any atom is 0.139 e. The van der Waals surface area contributed by atoms with Crippen molar-refractivity contribution >= 4 is 34.9 Å². The zero-order chi connectivity index (χ0) is 15.6. The van der Waals surface area contributed by atoms with Gasteiger partial charge in [-0.05, 0) is 19.1 Å². The van der Waals surface area contributed by atoms with Crippen molar-refractivity contribution in [3.63, 3.8) is 0 Å². The number of aromatic nitrogens is 2. The molecule has 0 aliphatic rings. The van der Waals surface area contributed by atoms with E-state index in [2.05, 4.69) is 40.7 Å². The predicted molar refractivity (Wildman–Crippen MR) is 92.2 cm³/mol. The van der Waals surface area contributed by atoms with E-state index in [1.54, 1.807) is 6.92 Å². The summed E-state index contributed by atoms with van der Waals surface area (Å²) >= 11 is 3.47. The Balaban J connectivity index is 2.17. The summed E-state index contributed by atoms with van der Waals surface area (Å²) in [5, 5.41) is 15.4. The van der Waals surface area contributed by atoms with Crippen molar-refractivity contribution < 1.29 is 9.84 Å². The largest absolute Gasteiger partial charge is 0.389 e. The van der Waals surface area contributed by atoms with Crippen molar-refractivity contribution in [2.24, 2.45) is 0 Å². The SMILES string of the molecule is CC(O)c1cc(Br)cc2cnn(COCC[Si-](C)(C)C)c12. The lowest BCUT2D eigenvalue weighted by atomic mass is 10.1. The van der Waals surface area contributed by atoms with Crippen LogP contribution in [0, 0.1) is 0 Å². The van der Waals surface area contributed by atoms with Crippen LogP contribution in [0.3, 0.4) is 0 Å². The average Bonchev–Trinajstić information content (AvgIpc) is 2.75. The smallest absolute Gasteiger partial charge is 0.139 e. The quantitative estimate of drug-likeness (QED) is 0.613. The fourth-order valence-corrected chi connectivity index (χ4v) is 3.42. The fourth-order valence-electron chi connectivity index (χ4n) is 2.17. The van der Waals surface area contributed by atoms with Crippen LogP contribution < -0.4 is 0 Å². The summed E-state index contributed by atoms with van der Waals surface area (Å²) in [5.41, 5.74) is 1.81.